The summed E-state index contributed by atoms with van der Waals surface area (Å²) in [5.74, 6) is 0. The number of hydrogen-bond acceptors (Lipinski definition) is 6. The van der Waals surface area contributed by atoms with Crippen LogP contribution in [-0.2, 0) is 0 Å². The van der Waals surface area contributed by atoms with Crippen molar-refractivity contribution in [3.63, 3.8) is 0 Å². The lowest BCUT2D eigenvalue weighted by Gasteiger charge is -2.31. The number of nitrogens with one attached hydrogen (secondary N) is 1. The molecule has 10 heteroatoms. The van der Waals surface area contributed by atoms with E-state index < -0.39 is 20.6 Å². The van der Waals surface area contributed by atoms with E-state index in [4.69, 9.17) is 72.0 Å². The van der Waals surface area contributed by atoms with Gasteiger partial charge in [-0.1, -0.05) is 222 Å². The maximum atomic E-state index is 8.55. The van der Waals surface area contributed by atoms with Crippen molar-refractivity contribution in [3.8, 4) is 0 Å². The van der Waals surface area contributed by atoms with Crippen molar-refractivity contribution in [2.24, 2.45) is 0 Å². The van der Waals surface area contributed by atoms with Crippen molar-refractivity contribution in [1.82, 2.24) is 0 Å². The Morgan fingerprint density at radius 2 is 0.681 bits per heavy atom. The predicted molar refractivity (Wildman–Crippen MR) is 387 cm³/mol. The first-order chi connectivity index (χ1) is 48.2. The van der Waals surface area contributed by atoms with Gasteiger partial charge in [-0.25, -0.2) is 0 Å². The van der Waals surface area contributed by atoms with E-state index in [1.54, 1.807) is 36.4 Å². The van der Waals surface area contributed by atoms with Gasteiger partial charge < -0.3 is 28.4 Å². The molecule has 3 aromatic heterocycles. The van der Waals surface area contributed by atoms with Gasteiger partial charge in [0, 0.05) is 45.6 Å². The summed E-state index contributed by atoms with van der Waals surface area (Å²) in [7, 11) is 0. The highest BCUT2D eigenvalue weighted by atomic mass is 35.5. The van der Waals surface area contributed by atoms with Crippen LogP contribution in [0.25, 0.3) is 98.1 Å². The first kappa shape index (κ1) is 47.8. The van der Waals surface area contributed by atoms with E-state index in [9.17, 15) is 0 Å². The molecule has 0 unspecified atom stereocenters. The fourth-order valence-electron chi connectivity index (χ4n) is 12.3. The maximum absolute atomic E-state index is 8.55. The number of para-hydroxylation sites is 3. The highest BCUT2D eigenvalue weighted by molar-refractivity contribution is 6.48. The molecule has 1 N–H and O–H groups in total. The van der Waals surface area contributed by atoms with E-state index in [0.29, 0.717) is 75.9 Å². The zero-order chi connectivity index (χ0) is 69.4. The normalized spacial score (nSPS) is 13.3. The number of furan rings is 3. The molecule has 0 aliphatic rings. The number of rotatable bonds is 8. The third-order valence-electron chi connectivity index (χ3n) is 16.4. The van der Waals surface area contributed by atoms with Crippen LogP contribution in [0.3, 0.4) is 0 Å². The van der Waals surface area contributed by atoms with E-state index in [1.165, 1.54) is 0 Å². The van der Waals surface area contributed by atoms with Crippen molar-refractivity contribution in [1.29, 1.82) is 0 Å². The largest absolute Gasteiger partial charge is 0.456 e. The maximum Gasteiger partial charge on any atom is 0.140 e. The van der Waals surface area contributed by atoms with Gasteiger partial charge in [-0.3, -0.25) is 0 Å². The summed E-state index contributed by atoms with van der Waals surface area (Å²) < 4.78 is 94.3. The van der Waals surface area contributed by atoms with Crippen LogP contribution in [0.2, 0.25) is 20.1 Å². The smallest absolute Gasteiger partial charge is 0.140 e. The van der Waals surface area contributed by atoms with Crippen molar-refractivity contribution in [3.05, 3.63) is 310 Å². The van der Waals surface area contributed by atoms with Crippen LogP contribution >= 0.6 is 46.4 Å². The Hall–Kier alpha value is -10.2. The molecule has 0 radical (unpaired) electrons. The molecule has 0 fully saturated rings. The number of anilines is 8. The lowest BCUT2D eigenvalue weighted by Crippen LogP contribution is -2.15. The number of nitrogens with zero attached hydrogens (tertiary/aromatic N) is 2. The summed E-state index contributed by atoms with van der Waals surface area (Å²) in [5.41, 5.74) is 9.05. The van der Waals surface area contributed by atoms with Gasteiger partial charge in [0.25, 0.3) is 0 Å². The van der Waals surface area contributed by atoms with E-state index in [0.717, 1.165) is 76.6 Å². The fraction of sp³-hybridized carbons (Fsp3) is 0.0370. The Balaban J connectivity index is 0.000000179. The second kappa shape index (κ2) is 24.0. The average Bonchev–Trinajstić information content (AvgIpc) is 1.53. The Bertz CT molecular complexity index is 5750. The molecule has 0 atom stereocenters. The van der Waals surface area contributed by atoms with Crippen LogP contribution in [-0.4, -0.2) is 0 Å². The van der Waals surface area contributed by atoms with Gasteiger partial charge in [0.05, 0.1) is 64.7 Å². The third kappa shape index (κ3) is 10.3. The lowest BCUT2D eigenvalue weighted by atomic mass is 10.00. The lowest BCUT2D eigenvalue weighted by molar-refractivity contribution is 0.666. The number of aryl methyl sites for hydroxylation is 3. The molecule has 0 saturated heterocycles. The standard InChI is InChI=1S/C52H35ClN2O2.C23H17NO.C6H3Cl3/c1-32-24-28-40(48-46-38-20-11-9-14-34(38)26-30-44(46)56-51(32)48)54(36-16-5-3-6-17-36)42-22-13-23-43(50(42)53)55(37-18-7-4-8-19-37)41-29-25-33(2)52-49(41)47-39-21-12-10-15-35(39)27-31-45(47)57-52;1-15-11-13-19(24-17-8-3-2-4-9-17)22-21-18-10-6-5-7-16(18)12-14-20(21)25-23(15)22;7-4-2-1-3-5(8)6(4)9/h3-31H,1-2H3;2-14,24H,1H3;1-3H/i1D3,2D3;1D3;. The Morgan fingerprint density at radius 3 is 1.11 bits per heavy atom. The molecule has 0 spiro atoms. The topological polar surface area (TPSA) is 57.9 Å². The van der Waals surface area contributed by atoms with Crippen LogP contribution in [0.1, 0.15) is 29.0 Å². The van der Waals surface area contributed by atoms with Crippen molar-refractivity contribution >= 4 is 190 Å². The van der Waals surface area contributed by atoms with Gasteiger partial charge in [0.1, 0.15) is 33.5 Å². The van der Waals surface area contributed by atoms with Gasteiger partial charge >= 0.3 is 0 Å². The van der Waals surface area contributed by atoms with Gasteiger partial charge in [-0.2, -0.15) is 0 Å². The molecular formula is C81H55Cl4N3O3. The minimum absolute atomic E-state index is 0.106. The van der Waals surface area contributed by atoms with Crippen molar-refractivity contribution < 1.29 is 25.6 Å². The molecule has 3 heterocycles. The van der Waals surface area contributed by atoms with Crippen LogP contribution in [0, 0.1) is 20.6 Å². The first-order valence-electron chi connectivity index (χ1n) is 33.7. The second-order valence-electron chi connectivity index (χ2n) is 21.8. The summed E-state index contributed by atoms with van der Waals surface area (Å²) in [4.78, 5) is 4.09. The highest BCUT2D eigenvalue weighted by Gasteiger charge is 2.28. The van der Waals surface area contributed by atoms with Crippen molar-refractivity contribution in [2.75, 3.05) is 15.1 Å². The molecule has 0 bridgehead atoms. The van der Waals surface area contributed by atoms with E-state index in [-0.39, 0.29) is 27.9 Å². The molecule has 17 aromatic rings. The summed E-state index contributed by atoms with van der Waals surface area (Å²) in [6.45, 7) is -7.18. The van der Waals surface area contributed by atoms with Crippen LogP contribution in [0.5, 0.6) is 0 Å². The highest BCUT2D eigenvalue weighted by Crippen LogP contribution is 2.53. The van der Waals surface area contributed by atoms with Gasteiger partial charge in [0.2, 0.25) is 0 Å². The molecule has 0 amide bonds. The predicted octanol–water partition coefficient (Wildman–Crippen LogP) is 26.4. The SMILES string of the molecule is Clc1cccc(Cl)c1Cl.[2H]C([2H])([2H])c1ccc(N(c2ccccc2)c2cccc(N(c3ccccc3)c3ccc(C([2H])([2H])[2H])c4oc5ccc6ccccc6c5c34)c2Cl)c2c1oc1ccc3ccccc3c12.[2H]C([2H])([2H])c1ccc(Nc2ccccc2)c2c1oc1ccc3ccccc3c12. The van der Waals surface area contributed by atoms with E-state index in [1.807, 2.05) is 246 Å². The zero-order valence-corrected chi connectivity index (χ0v) is 51.1. The zero-order valence-electron chi connectivity index (χ0n) is 57.1. The number of halogens is 4. The molecule has 0 saturated carbocycles. The Morgan fingerprint density at radius 1 is 0.308 bits per heavy atom. The van der Waals surface area contributed by atoms with Gasteiger partial charge in [-0.15, -0.1) is 0 Å². The van der Waals surface area contributed by atoms with Gasteiger partial charge in [0.15, 0.2) is 0 Å². The molecule has 0 aliphatic heterocycles. The number of benzene rings is 14. The molecule has 6 nitrogen and oxygen atoms in total. The van der Waals surface area contributed by atoms with Crippen LogP contribution in [0.4, 0.5) is 45.5 Å². The molecule has 14 aromatic carbocycles. The molecule has 17 rings (SSSR count). The minimum Gasteiger partial charge on any atom is -0.456 e. The average molecular weight is 1270 g/mol. The monoisotopic (exact) mass is 1270 g/mol. The third-order valence-corrected chi connectivity index (χ3v) is 18.0. The van der Waals surface area contributed by atoms with Gasteiger partial charge in [-0.05, 0) is 167 Å². The molecule has 0 aliphatic carbocycles. The molecule has 440 valence electrons. The Labute approximate surface area is 557 Å². The summed E-state index contributed by atoms with van der Waals surface area (Å²) in [6, 6.07) is 86.5. The van der Waals surface area contributed by atoms with E-state index >= 15 is 0 Å². The molecular weight excluding hydrogens is 1200 g/mol. The quantitative estimate of drug-likeness (QED) is 0.153. The second-order valence-corrected chi connectivity index (χ2v) is 23.4. The fourth-order valence-corrected chi connectivity index (χ4v) is 13.2. The van der Waals surface area contributed by atoms with E-state index in [2.05, 4.69) is 5.32 Å². The summed E-state index contributed by atoms with van der Waals surface area (Å²) >= 11 is 24.7. The Kier molecular flexibility index (Phi) is 12.6. The minimum atomic E-state index is -2.46. The number of hydrogen-bond donors (Lipinski definition) is 1. The molecule has 91 heavy (non-hydrogen) atoms. The van der Waals surface area contributed by atoms with Crippen LogP contribution < -0.4 is 15.1 Å². The number of fused-ring (bicyclic) bond motifs is 15. The summed E-state index contributed by atoms with van der Waals surface area (Å²) in [5, 5.41) is 15.7. The van der Waals surface area contributed by atoms with Crippen molar-refractivity contribution in [2.45, 2.75) is 20.6 Å². The first-order valence-corrected chi connectivity index (χ1v) is 30.8. The van der Waals surface area contributed by atoms with Crippen LogP contribution in [0.15, 0.2) is 286 Å². The summed E-state index contributed by atoms with van der Waals surface area (Å²) in [6.07, 6.45) is 0.